The van der Waals surface area contributed by atoms with E-state index in [0.717, 1.165) is 22.5 Å². The molecule has 2 heterocycles. The Morgan fingerprint density at radius 1 is 0.958 bits per heavy atom. The zero-order chi connectivity index (χ0) is 16.4. The van der Waals surface area contributed by atoms with Crippen molar-refractivity contribution < 1.29 is 0 Å². The molecule has 24 heavy (non-hydrogen) atoms. The summed E-state index contributed by atoms with van der Waals surface area (Å²) in [6.45, 7) is 2.76. The van der Waals surface area contributed by atoms with Crippen LogP contribution < -0.4 is 5.32 Å². The molecule has 0 saturated carbocycles. The van der Waals surface area contributed by atoms with Crippen LogP contribution in [0, 0.1) is 6.92 Å². The largest absolute Gasteiger partial charge is 0.340 e. The molecule has 5 heteroatoms. The minimum absolute atomic E-state index is 0.686. The number of nitrogens with one attached hydrogen (secondary N) is 1. The zero-order valence-electron chi connectivity index (χ0n) is 13.3. The van der Waals surface area contributed by atoms with Crippen LogP contribution in [0.2, 0.25) is 0 Å². The molecule has 2 aromatic heterocycles. The molecule has 0 aliphatic carbocycles. The zero-order valence-corrected chi connectivity index (χ0v) is 13.3. The van der Waals surface area contributed by atoms with Gasteiger partial charge in [0.05, 0.1) is 18.1 Å². The lowest BCUT2D eigenvalue weighted by Gasteiger charge is -2.07. The maximum Gasteiger partial charge on any atom is 0.163 e. The van der Waals surface area contributed by atoms with Crippen molar-refractivity contribution in [1.29, 1.82) is 0 Å². The quantitative estimate of drug-likeness (QED) is 0.620. The third-order valence-electron chi connectivity index (χ3n) is 3.92. The van der Waals surface area contributed by atoms with E-state index in [2.05, 4.69) is 51.6 Å². The number of hydrogen-bond acceptors (Lipinski definition) is 4. The molecule has 4 rings (SSSR count). The SMILES string of the molecule is Cc1ccc(Nc2ncnc3c2cnn3Cc2ccccc2)cc1. The molecule has 118 valence electrons. The van der Waals surface area contributed by atoms with E-state index in [-0.39, 0.29) is 0 Å². The van der Waals surface area contributed by atoms with Crippen LogP contribution in [-0.2, 0) is 6.54 Å². The van der Waals surface area contributed by atoms with Gasteiger partial charge in [-0.15, -0.1) is 0 Å². The molecule has 0 unspecified atom stereocenters. The summed E-state index contributed by atoms with van der Waals surface area (Å²) in [5.74, 6) is 0.767. The van der Waals surface area contributed by atoms with Gasteiger partial charge in [-0.2, -0.15) is 5.10 Å². The molecular formula is C19H17N5. The second kappa shape index (κ2) is 6.12. The molecule has 0 amide bonds. The van der Waals surface area contributed by atoms with Gasteiger partial charge in [0.2, 0.25) is 0 Å². The lowest BCUT2D eigenvalue weighted by molar-refractivity contribution is 0.704. The number of fused-ring (bicyclic) bond motifs is 1. The highest BCUT2D eigenvalue weighted by molar-refractivity contribution is 5.88. The van der Waals surface area contributed by atoms with E-state index in [1.807, 2.05) is 41.2 Å². The van der Waals surface area contributed by atoms with Gasteiger partial charge in [-0.1, -0.05) is 48.0 Å². The second-order valence-corrected chi connectivity index (χ2v) is 5.74. The summed E-state index contributed by atoms with van der Waals surface area (Å²) < 4.78 is 1.90. The van der Waals surface area contributed by atoms with E-state index in [9.17, 15) is 0 Å². The van der Waals surface area contributed by atoms with E-state index in [0.29, 0.717) is 6.54 Å². The molecule has 0 fully saturated rings. The highest BCUT2D eigenvalue weighted by Gasteiger charge is 2.10. The maximum atomic E-state index is 4.48. The first-order valence-electron chi connectivity index (χ1n) is 7.84. The van der Waals surface area contributed by atoms with Gasteiger partial charge in [-0.3, -0.25) is 0 Å². The standard InChI is InChI=1S/C19H17N5/c1-14-7-9-16(10-8-14)23-18-17-11-22-24(19(17)21-13-20-18)12-15-5-3-2-4-6-15/h2-11,13H,12H2,1H3,(H,20,21,23). The summed E-state index contributed by atoms with van der Waals surface area (Å²) in [5.41, 5.74) is 4.23. The Bertz CT molecular complexity index is 958. The van der Waals surface area contributed by atoms with Gasteiger partial charge in [-0.05, 0) is 24.6 Å². The summed E-state index contributed by atoms with van der Waals surface area (Å²) in [4.78, 5) is 8.77. The average molecular weight is 315 g/mol. The van der Waals surface area contributed by atoms with Crippen molar-refractivity contribution in [3.8, 4) is 0 Å². The second-order valence-electron chi connectivity index (χ2n) is 5.74. The first-order chi connectivity index (χ1) is 11.8. The Labute approximate surface area is 140 Å². The van der Waals surface area contributed by atoms with Crippen LogP contribution >= 0.6 is 0 Å². The van der Waals surface area contributed by atoms with Crippen molar-refractivity contribution in [3.05, 3.63) is 78.2 Å². The third kappa shape index (κ3) is 2.84. The fraction of sp³-hybridized carbons (Fsp3) is 0.105. The summed E-state index contributed by atoms with van der Waals surface area (Å²) in [6.07, 6.45) is 3.39. The van der Waals surface area contributed by atoms with Crippen LogP contribution in [-0.4, -0.2) is 19.7 Å². The normalized spacial score (nSPS) is 10.9. The number of rotatable bonds is 4. The highest BCUT2D eigenvalue weighted by Crippen LogP contribution is 2.23. The molecule has 0 aliphatic rings. The van der Waals surface area contributed by atoms with Crippen LogP contribution in [0.5, 0.6) is 0 Å². The van der Waals surface area contributed by atoms with Crippen LogP contribution in [0.1, 0.15) is 11.1 Å². The number of aryl methyl sites for hydroxylation is 1. The van der Waals surface area contributed by atoms with Crippen LogP contribution in [0.15, 0.2) is 67.1 Å². The third-order valence-corrected chi connectivity index (χ3v) is 3.92. The summed E-state index contributed by atoms with van der Waals surface area (Å²) in [6, 6.07) is 18.5. The molecule has 5 nitrogen and oxygen atoms in total. The van der Waals surface area contributed by atoms with Crippen LogP contribution in [0.3, 0.4) is 0 Å². The predicted octanol–water partition coefficient (Wildman–Crippen LogP) is 3.93. The molecule has 2 aromatic carbocycles. The van der Waals surface area contributed by atoms with Gasteiger partial charge in [0.25, 0.3) is 0 Å². The smallest absolute Gasteiger partial charge is 0.163 e. The van der Waals surface area contributed by atoms with Crippen molar-refractivity contribution in [1.82, 2.24) is 19.7 Å². The lowest BCUT2D eigenvalue weighted by Crippen LogP contribution is -2.03. The Balaban J connectivity index is 1.67. The average Bonchev–Trinajstić information content (AvgIpc) is 3.02. The van der Waals surface area contributed by atoms with Gasteiger partial charge < -0.3 is 5.32 Å². The van der Waals surface area contributed by atoms with Gasteiger partial charge >= 0.3 is 0 Å². The highest BCUT2D eigenvalue weighted by atomic mass is 15.3. The number of nitrogens with zero attached hydrogens (tertiary/aromatic N) is 4. The van der Waals surface area contributed by atoms with E-state index < -0.39 is 0 Å². The molecule has 0 atom stereocenters. The summed E-state index contributed by atoms with van der Waals surface area (Å²) in [5, 5.41) is 8.74. The Morgan fingerprint density at radius 3 is 2.54 bits per heavy atom. The van der Waals surface area contributed by atoms with Gasteiger partial charge in [0.1, 0.15) is 12.1 Å². The van der Waals surface area contributed by atoms with Gasteiger partial charge in [-0.25, -0.2) is 14.6 Å². The summed E-state index contributed by atoms with van der Waals surface area (Å²) in [7, 11) is 0. The molecule has 4 aromatic rings. The Hall–Kier alpha value is -3.21. The fourth-order valence-corrected chi connectivity index (χ4v) is 2.64. The van der Waals surface area contributed by atoms with E-state index in [1.165, 1.54) is 11.1 Å². The van der Waals surface area contributed by atoms with E-state index in [1.54, 1.807) is 6.33 Å². The van der Waals surface area contributed by atoms with Crippen LogP contribution in [0.4, 0.5) is 11.5 Å². The number of benzene rings is 2. The molecular weight excluding hydrogens is 298 g/mol. The molecule has 0 aliphatic heterocycles. The number of hydrogen-bond donors (Lipinski definition) is 1. The monoisotopic (exact) mass is 315 g/mol. The van der Waals surface area contributed by atoms with Crippen molar-refractivity contribution in [3.63, 3.8) is 0 Å². The van der Waals surface area contributed by atoms with E-state index in [4.69, 9.17) is 0 Å². The van der Waals surface area contributed by atoms with Crippen molar-refractivity contribution in [2.75, 3.05) is 5.32 Å². The molecule has 0 radical (unpaired) electrons. The first-order valence-corrected chi connectivity index (χ1v) is 7.84. The van der Waals surface area contributed by atoms with Gasteiger partial charge in [0, 0.05) is 5.69 Å². The molecule has 0 spiro atoms. The van der Waals surface area contributed by atoms with Gasteiger partial charge in [0.15, 0.2) is 5.65 Å². The molecule has 1 N–H and O–H groups in total. The minimum Gasteiger partial charge on any atom is -0.340 e. The van der Waals surface area contributed by atoms with Crippen molar-refractivity contribution in [2.45, 2.75) is 13.5 Å². The predicted molar refractivity (Wildman–Crippen MR) is 95.3 cm³/mol. The van der Waals surface area contributed by atoms with Crippen molar-refractivity contribution in [2.24, 2.45) is 0 Å². The topological polar surface area (TPSA) is 55.6 Å². The Morgan fingerprint density at radius 2 is 1.75 bits per heavy atom. The van der Waals surface area contributed by atoms with Crippen LogP contribution in [0.25, 0.3) is 11.0 Å². The lowest BCUT2D eigenvalue weighted by atomic mass is 10.2. The fourth-order valence-electron chi connectivity index (χ4n) is 2.64. The first kappa shape index (κ1) is 14.4. The number of aromatic nitrogens is 4. The minimum atomic E-state index is 0.686. The van der Waals surface area contributed by atoms with Crippen molar-refractivity contribution >= 4 is 22.5 Å². The number of anilines is 2. The van der Waals surface area contributed by atoms with E-state index >= 15 is 0 Å². The summed E-state index contributed by atoms with van der Waals surface area (Å²) >= 11 is 0. The molecule has 0 saturated heterocycles. The maximum absolute atomic E-state index is 4.48. The Kier molecular flexibility index (Phi) is 3.67. The molecule has 0 bridgehead atoms.